The maximum atomic E-state index is 5.99. The molecule has 34 heavy (non-hydrogen) atoms. The highest BCUT2D eigenvalue weighted by molar-refractivity contribution is 5.04. The highest BCUT2D eigenvalue weighted by atomic mass is 16.5. The second kappa shape index (κ2) is 9.97. The fourth-order valence-corrected chi connectivity index (χ4v) is 10.1. The average Bonchev–Trinajstić information content (AvgIpc) is 3.46. The standard InChI is InChI=1S/C31H56N2O/c1-16-9-23-10-24(16)13-30-31(22(7)34-8)21(6)29(33-30)15-26-12-25(17(2)18(26)3)14-28-20(5)19(4)27(11-23)32-28/h16-33H,9-15H2,1-8H3. The topological polar surface area (TPSA) is 33.3 Å². The first-order chi connectivity index (χ1) is 16.2. The minimum atomic E-state index is 0.349. The maximum absolute atomic E-state index is 5.99. The van der Waals surface area contributed by atoms with Crippen molar-refractivity contribution in [3.63, 3.8) is 0 Å². The summed E-state index contributed by atoms with van der Waals surface area (Å²) < 4.78 is 5.99. The Bertz CT molecular complexity index is 697. The number of nitrogens with one attached hydrogen (secondary N) is 2. The summed E-state index contributed by atoms with van der Waals surface area (Å²) in [6, 6.07) is 2.77. The van der Waals surface area contributed by atoms with E-state index in [9.17, 15) is 0 Å². The molecule has 0 radical (unpaired) electrons. The molecule has 196 valence electrons. The molecule has 5 rings (SSSR count). The molecule has 3 saturated heterocycles. The Kier molecular flexibility index (Phi) is 7.49. The number of rotatable bonds is 2. The van der Waals surface area contributed by atoms with Gasteiger partial charge in [0.1, 0.15) is 0 Å². The molecule has 3 heteroatoms. The summed E-state index contributed by atoms with van der Waals surface area (Å²) in [7, 11) is 1.93. The van der Waals surface area contributed by atoms with Crippen LogP contribution < -0.4 is 10.6 Å². The fraction of sp³-hybridized carbons (Fsp3) is 1.00. The molecule has 5 fully saturated rings. The van der Waals surface area contributed by atoms with Crippen LogP contribution in [0.3, 0.4) is 0 Å². The summed E-state index contributed by atoms with van der Waals surface area (Å²) in [5, 5.41) is 8.49. The van der Waals surface area contributed by atoms with E-state index in [-0.39, 0.29) is 0 Å². The van der Waals surface area contributed by atoms with Crippen LogP contribution in [0, 0.1) is 65.1 Å². The Morgan fingerprint density at radius 1 is 0.559 bits per heavy atom. The van der Waals surface area contributed by atoms with Gasteiger partial charge in [-0.3, -0.25) is 0 Å². The van der Waals surface area contributed by atoms with Gasteiger partial charge < -0.3 is 15.4 Å². The van der Waals surface area contributed by atoms with Gasteiger partial charge in [0, 0.05) is 37.2 Å². The molecule has 0 aromatic heterocycles. The molecule has 0 spiro atoms. The predicted molar refractivity (Wildman–Crippen MR) is 143 cm³/mol. The lowest BCUT2D eigenvalue weighted by atomic mass is 9.78. The lowest BCUT2D eigenvalue weighted by Crippen LogP contribution is -2.38. The van der Waals surface area contributed by atoms with Crippen LogP contribution in [0.15, 0.2) is 0 Å². The van der Waals surface area contributed by atoms with Gasteiger partial charge in [0.25, 0.3) is 0 Å². The summed E-state index contributed by atoms with van der Waals surface area (Å²) in [5.74, 6) is 9.18. The molecule has 5 aliphatic rings. The Balaban J connectivity index is 1.42. The molecule has 2 saturated carbocycles. The second-order valence-corrected chi connectivity index (χ2v) is 14.3. The van der Waals surface area contributed by atoms with Gasteiger partial charge in [-0.15, -0.1) is 0 Å². The Hall–Kier alpha value is -0.120. The Morgan fingerprint density at radius 3 is 1.71 bits per heavy atom. The van der Waals surface area contributed by atoms with Gasteiger partial charge in [-0.2, -0.15) is 0 Å². The van der Waals surface area contributed by atoms with Crippen molar-refractivity contribution in [1.29, 1.82) is 0 Å². The second-order valence-electron chi connectivity index (χ2n) is 14.3. The van der Waals surface area contributed by atoms with Crippen LogP contribution in [-0.2, 0) is 4.74 Å². The third-order valence-corrected chi connectivity index (χ3v) is 12.9. The van der Waals surface area contributed by atoms with E-state index in [1.807, 2.05) is 7.11 Å². The number of ether oxygens (including phenoxy) is 1. The molecule has 0 aromatic carbocycles. The van der Waals surface area contributed by atoms with Crippen molar-refractivity contribution in [2.75, 3.05) is 7.11 Å². The van der Waals surface area contributed by atoms with Gasteiger partial charge in [-0.25, -0.2) is 0 Å². The maximum Gasteiger partial charge on any atom is 0.0589 e. The average molecular weight is 473 g/mol. The van der Waals surface area contributed by atoms with E-state index >= 15 is 0 Å². The zero-order valence-electron chi connectivity index (χ0n) is 23.6. The smallest absolute Gasteiger partial charge is 0.0589 e. The minimum Gasteiger partial charge on any atom is -0.381 e. The van der Waals surface area contributed by atoms with Crippen LogP contribution in [-0.4, -0.2) is 37.4 Å². The van der Waals surface area contributed by atoms with Gasteiger partial charge in [0.15, 0.2) is 0 Å². The molecule has 3 nitrogen and oxygen atoms in total. The summed E-state index contributed by atoms with van der Waals surface area (Å²) in [5.41, 5.74) is 0. The molecular formula is C31H56N2O. The number of hydrogen-bond acceptors (Lipinski definition) is 3. The SMILES string of the molecule is COC(C)C1C2CC3CC(CC3C)CC3NC(CC4CC(CC(N2)C1C)C(C)C4C)C(C)C3C. The Labute approximate surface area is 211 Å². The summed E-state index contributed by atoms with van der Waals surface area (Å²) >= 11 is 0. The van der Waals surface area contributed by atoms with Gasteiger partial charge in [0.05, 0.1) is 6.10 Å². The molecule has 8 bridgehead atoms. The van der Waals surface area contributed by atoms with Crippen LogP contribution in [0.2, 0.25) is 0 Å². The van der Waals surface area contributed by atoms with Gasteiger partial charge in [-0.05, 0) is 111 Å². The lowest BCUT2D eigenvalue weighted by Gasteiger charge is -2.30. The molecule has 3 heterocycles. The van der Waals surface area contributed by atoms with E-state index in [0.717, 1.165) is 65.3 Å². The molecule has 2 N–H and O–H groups in total. The first-order valence-electron chi connectivity index (χ1n) is 15.2. The zero-order chi connectivity index (χ0) is 24.3. The quantitative estimate of drug-likeness (QED) is 0.490. The van der Waals surface area contributed by atoms with Crippen molar-refractivity contribution in [2.45, 2.75) is 124 Å². The van der Waals surface area contributed by atoms with E-state index in [0.29, 0.717) is 30.0 Å². The van der Waals surface area contributed by atoms with E-state index in [4.69, 9.17) is 4.74 Å². The molecule has 3 aliphatic heterocycles. The third kappa shape index (κ3) is 4.53. The van der Waals surface area contributed by atoms with Crippen molar-refractivity contribution in [2.24, 2.45) is 65.1 Å². The van der Waals surface area contributed by atoms with E-state index in [1.54, 1.807) is 0 Å². The first kappa shape index (κ1) is 25.5. The fourth-order valence-electron chi connectivity index (χ4n) is 10.1. The molecule has 2 aliphatic carbocycles. The van der Waals surface area contributed by atoms with E-state index < -0.39 is 0 Å². The van der Waals surface area contributed by atoms with Crippen molar-refractivity contribution < 1.29 is 4.74 Å². The van der Waals surface area contributed by atoms with Crippen molar-refractivity contribution in [3.8, 4) is 0 Å². The summed E-state index contributed by atoms with van der Waals surface area (Å²) in [4.78, 5) is 0. The number of fused-ring (bicyclic) bond motifs is 8. The van der Waals surface area contributed by atoms with Gasteiger partial charge >= 0.3 is 0 Å². The van der Waals surface area contributed by atoms with Crippen LogP contribution in [0.1, 0.15) is 93.4 Å². The lowest BCUT2D eigenvalue weighted by molar-refractivity contribution is 0.0400. The van der Waals surface area contributed by atoms with Crippen LogP contribution >= 0.6 is 0 Å². The molecule has 16 unspecified atom stereocenters. The van der Waals surface area contributed by atoms with E-state index in [2.05, 4.69) is 59.1 Å². The zero-order valence-corrected chi connectivity index (χ0v) is 23.6. The summed E-state index contributed by atoms with van der Waals surface area (Å²) in [6.45, 7) is 17.7. The van der Waals surface area contributed by atoms with Gasteiger partial charge in [0.2, 0.25) is 0 Å². The van der Waals surface area contributed by atoms with Crippen LogP contribution in [0.4, 0.5) is 0 Å². The Morgan fingerprint density at radius 2 is 1.09 bits per heavy atom. The highest BCUT2D eigenvalue weighted by Crippen LogP contribution is 2.50. The third-order valence-electron chi connectivity index (χ3n) is 12.9. The van der Waals surface area contributed by atoms with Crippen molar-refractivity contribution in [1.82, 2.24) is 10.6 Å². The van der Waals surface area contributed by atoms with E-state index in [1.165, 1.54) is 44.9 Å². The minimum absolute atomic E-state index is 0.349. The van der Waals surface area contributed by atoms with Crippen LogP contribution in [0.5, 0.6) is 0 Å². The number of methoxy groups -OCH3 is 1. The molecule has 0 amide bonds. The molecule has 16 atom stereocenters. The number of hydrogen-bond donors (Lipinski definition) is 2. The predicted octanol–water partition coefficient (Wildman–Crippen LogP) is 6.37. The van der Waals surface area contributed by atoms with Crippen molar-refractivity contribution >= 4 is 0 Å². The largest absolute Gasteiger partial charge is 0.381 e. The molecular weight excluding hydrogens is 416 g/mol. The highest BCUT2D eigenvalue weighted by Gasteiger charge is 2.49. The van der Waals surface area contributed by atoms with Gasteiger partial charge in [-0.1, -0.05) is 41.5 Å². The monoisotopic (exact) mass is 472 g/mol. The summed E-state index contributed by atoms with van der Waals surface area (Å²) in [6.07, 6.45) is 10.3. The normalized spacial score (nSPS) is 56.6. The first-order valence-corrected chi connectivity index (χ1v) is 15.2. The van der Waals surface area contributed by atoms with Crippen LogP contribution in [0.25, 0.3) is 0 Å². The van der Waals surface area contributed by atoms with Crippen molar-refractivity contribution in [3.05, 3.63) is 0 Å². The molecule has 0 aromatic rings.